The molecule has 0 aliphatic carbocycles. The second kappa shape index (κ2) is 14.9. The van der Waals surface area contributed by atoms with Crippen molar-refractivity contribution in [2.75, 3.05) is 0 Å². The Balaban J connectivity index is 0.00000480. The van der Waals surface area contributed by atoms with E-state index >= 15 is 0 Å². The normalized spacial score (nSPS) is 11.2. The Morgan fingerprint density at radius 2 is 1.45 bits per heavy atom. The Bertz CT molecular complexity index is 883. The summed E-state index contributed by atoms with van der Waals surface area (Å²) in [5.74, 6) is 0.0827. The van der Waals surface area contributed by atoms with Crippen LogP contribution in [0.2, 0.25) is 0 Å². The zero-order chi connectivity index (χ0) is 21.8. The van der Waals surface area contributed by atoms with Gasteiger partial charge in [-0.2, -0.15) is 8.42 Å². The fourth-order valence-corrected chi connectivity index (χ4v) is 4.00. The molecule has 0 aliphatic rings. The summed E-state index contributed by atoms with van der Waals surface area (Å²) in [7, 11) is -4.46. The fourth-order valence-electron chi connectivity index (χ4n) is 3.47. The van der Waals surface area contributed by atoms with E-state index < -0.39 is 20.8 Å². The zero-order valence-corrected chi connectivity index (χ0v) is 21.6. The number of unbranched alkanes of at least 4 members (excludes halogenated alkanes) is 9. The van der Waals surface area contributed by atoms with Gasteiger partial charge in [0.05, 0.1) is 4.90 Å². The van der Waals surface area contributed by atoms with Gasteiger partial charge in [0.15, 0.2) is 0 Å². The Morgan fingerprint density at radius 1 is 0.839 bits per heavy atom. The molecule has 5 nitrogen and oxygen atoms in total. The van der Waals surface area contributed by atoms with E-state index in [0.717, 1.165) is 30.5 Å². The second-order valence-electron chi connectivity index (χ2n) is 7.80. The van der Waals surface area contributed by atoms with Crippen LogP contribution in [0.4, 0.5) is 0 Å². The Hall–Kier alpha value is -1.05. The SMILES string of the molecule is CCCCCCCCCCCCc1cccc(Oc2cc([O-])cc(S(=O)(=O)O)c2)c1.[Na+]. The van der Waals surface area contributed by atoms with Crippen LogP contribution >= 0.6 is 0 Å². The summed E-state index contributed by atoms with van der Waals surface area (Å²) in [5, 5.41) is 11.7. The van der Waals surface area contributed by atoms with Crippen LogP contribution in [-0.4, -0.2) is 13.0 Å². The Morgan fingerprint density at radius 3 is 2.06 bits per heavy atom. The summed E-state index contributed by atoms with van der Waals surface area (Å²) >= 11 is 0. The van der Waals surface area contributed by atoms with Crippen LogP contribution < -0.4 is 39.4 Å². The van der Waals surface area contributed by atoms with Crippen LogP contribution in [-0.2, 0) is 16.5 Å². The quantitative estimate of drug-likeness (QED) is 0.268. The molecule has 0 saturated carbocycles. The number of rotatable bonds is 14. The smallest absolute Gasteiger partial charge is 0.872 e. The predicted octanol–water partition coefficient (Wildman–Crippen LogP) is 3.27. The van der Waals surface area contributed by atoms with Crippen LogP contribution in [0.25, 0.3) is 0 Å². The van der Waals surface area contributed by atoms with Gasteiger partial charge in [0.25, 0.3) is 10.1 Å². The summed E-state index contributed by atoms with van der Waals surface area (Å²) in [4.78, 5) is -0.466. The summed E-state index contributed by atoms with van der Waals surface area (Å²) in [6, 6.07) is 10.8. The molecule has 0 heterocycles. The molecule has 0 atom stereocenters. The minimum absolute atomic E-state index is 0. The van der Waals surface area contributed by atoms with Crippen molar-refractivity contribution in [2.24, 2.45) is 0 Å². The molecule has 0 bridgehead atoms. The van der Waals surface area contributed by atoms with Crippen molar-refractivity contribution in [2.45, 2.75) is 82.4 Å². The number of hydrogen-bond donors (Lipinski definition) is 1. The molecule has 2 aromatic rings. The third-order valence-electron chi connectivity index (χ3n) is 5.10. The third kappa shape index (κ3) is 11.4. The number of ether oxygens (including phenoxy) is 1. The van der Waals surface area contributed by atoms with Gasteiger partial charge in [-0.15, -0.1) is 5.75 Å². The van der Waals surface area contributed by atoms with Gasteiger partial charge in [0, 0.05) is 6.07 Å². The molecular formula is C24H33NaO5S. The van der Waals surface area contributed by atoms with Crippen molar-refractivity contribution < 1.29 is 52.4 Å². The molecule has 0 spiro atoms. The third-order valence-corrected chi connectivity index (χ3v) is 5.94. The van der Waals surface area contributed by atoms with E-state index in [0.29, 0.717) is 5.75 Å². The van der Waals surface area contributed by atoms with Gasteiger partial charge in [0.2, 0.25) is 0 Å². The van der Waals surface area contributed by atoms with E-state index in [1.54, 1.807) is 6.07 Å². The molecule has 2 rings (SSSR count). The molecule has 0 saturated heterocycles. The second-order valence-corrected chi connectivity index (χ2v) is 9.22. The number of aryl methyl sites for hydroxylation is 1. The van der Waals surface area contributed by atoms with Crippen molar-refractivity contribution in [3.8, 4) is 17.2 Å². The van der Waals surface area contributed by atoms with Gasteiger partial charge in [0.1, 0.15) is 11.5 Å². The molecule has 1 N–H and O–H groups in total. The molecule has 7 heteroatoms. The first-order chi connectivity index (χ1) is 14.4. The van der Waals surface area contributed by atoms with Gasteiger partial charge < -0.3 is 9.84 Å². The van der Waals surface area contributed by atoms with E-state index in [4.69, 9.17) is 9.29 Å². The number of benzene rings is 2. The molecule has 0 radical (unpaired) electrons. The average molecular weight is 457 g/mol. The first kappa shape index (κ1) is 28.0. The van der Waals surface area contributed by atoms with Crippen molar-refractivity contribution in [1.82, 2.24) is 0 Å². The predicted molar refractivity (Wildman–Crippen MR) is 118 cm³/mol. The minimum Gasteiger partial charge on any atom is -0.872 e. The summed E-state index contributed by atoms with van der Waals surface area (Å²) < 4.78 is 37.4. The zero-order valence-electron chi connectivity index (χ0n) is 18.8. The Labute approximate surface area is 209 Å². The topological polar surface area (TPSA) is 86.7 Å². The molecule has 0 amide bonds. The van der Waals surface area contributed by atoms with Gasteiger partial charge in [-0.05, 0) is 42.7 Å². The van der Waals surface area contributed by atoms with E-state index in [9.17, 15) is 13.5 Å². The van der Waals surface area contributed by atoms with Crippen molar-refractivity contribution in [3.63, 3.8) is 0 Å². The molecule has 2 aromatic carbocycles. The van der Waals surface area contributed by atoms with E-state index in [2.05, 4.69) is 6.92 Å². The summed E-state index contributed by atoms with van der Waals surface area (Å²) in [6.45, 7) is 2.24. The summed E-state index contributed by atoms with van der Waals surface area (Å²) in [5.41, 5.74) is 1.14. The maximum Gasteiger partial charge on any atom is 1.00 e. The standard InChI is InChI=1S/C24H34O5S.Na/c1-2-3-4-5-6-7-8-9-10-11-13-20-14-12-15-22(16-20)29-23-17-21(25)18-24(19-23)30(26,27)28;/h12,14-19,25H,2-11,13H2,1H3,(H,26,27,28);/q;+1/p-1. The Kier molecular flexibility index (Phi) is 13.5. The van der Waals surface area contributed by atoms with Gasteiger partial charge in [-0.3, -0.25) is 4.55 Å². The van der Waals surface area contributed by atoms with Crippen LogP contribution in [0.3, 0.4) is 0 Å². The molecule has 31 heavy (non-hydrogen) atoms. The fraction of sp³-hybridized carbons (Fsp3) is 0.500. The van der Waals surface area contributed by atoms with Crippen molar-refractivity contribution in [1.29, 1.82) is 0 Å². The molecule has 0 aliphatic heterocycles. The number of hydrogen-bond acceptors (Lipinski definition) is 4. The van der Waals surface area contributed by atoms with Gasteiger partial charge in [-0.25, -0.2) is 0 Å². The van der Waals surface area contributed by atoms with Gasteiger partial charge >= 0.3 is 29.6 Å². The van der Waals surface area contributed by atoms with Gasteiger partial charge in [-0.1, -0.05) is 76.8 Å². The van der Waals surface area contributed by atoms with Crippen LogP contribution in [0.15, 0.2) is 47.4 Å². The summed E-state index contributed by atoms with van der Waals surface area (Å²) in [6.07, 6.45) is 13.9. The average Bonchev–Trinajstić information content (AvgIpc) is 2.68. The molecule has 0 fully saturated rings. The van der Waals surface area contributed by atoms with Crippen LogP contribution in [0.1, 0.15) is 76.7 Å². The monoisotopic (exact) mass is 456 g/mol. The molecule has 166 valence electrons. The maximum absolute atomic E-state index is 11.7. The maximum atomic E-state index is 11.7. The van der Waals surface area contributed by atoms with Crippen LogP contribution in [0, 0.1) is 0 Å². The van der Waals surface area contributed by atoms with Crippen LogP contribution in [0.5, 0.6) is 17.2 Å². The van der Waals surface area contributed by atoms with E-state index in [-0.39, 0.29) is 35.3 Å². The first-order valence-corrected chi connectivity index (χ1v) is 12.4. The molecule has 0 unspecified atom stereocenters. The largest absolute Gasteiger partial charge is 1.00 e. The first-order valence-electron chi connectivity index (χ1n) is 10.9. The van der Waals surface area contributed by atoms with Crippen molar-refractivity contribution >= 4 is 10.1 Å². The molecule has 0 aromatic heterocycles. The minimum atomic E-state index is -4.46. The van der Waals surface area contributed by atoms with Crippen molar-refractivity contribution in [3.05, 3.63) is 48.0 Å². The van der Waals surface area contributed by atoms with E-state index in [1.807, 2.05) is 18.2 Å². The van der Waals surface area contributed by atoms with E-state index in [1.165, 1.54) is 63.9 Å². The molecular weight excluding hydrogens is 423 g/mol.